The van der Waals surface area contributed by atoms with Crippen molar-refractivity contribution < 1.29 is 14.3 Å². The number of aromatic nitrogens is 2. The zero-order valence-electron chi connectivity index (χ0n) is 20.4. The molecule has 1 aromatic heterocycles. The summed E-state index contributed by atoms with van der Waals surface area (Å²) in [4.78, 5) is 36.2. The quantitative estimate of drug-likeness (QED) is 0.522. The fourth-order valence-corrected chi connectivity index (χ4v) is 4.39. The lowest BCUT2D eigenvalue weighted by Crippen LogP contribution is -2.40. The number of H-pyrrole nitrogens is 1. The summed E-state index contributed by atoms with van der Waals surface area (Å²) in [5.41, 5.74) is 5.51. The molecule has 2 amide bonds. The molecule has 3 aromatic rings. The zero-order valence-corrected chi connectivity index (χ0v) is 20.4. The van der Waals surface area contributed by atoms with Crippen molar-refractivity contribution in [1.82, 2.24) is 15.1 Å². The number of morpholine rings is 1. The number of nitrogens with one attached hydrogen (secondary N) is 2. The van der Waals surface area contributed by atoms with Gasteiger partial charge in [0.25, 0.3) is 5.91 Å². The normalized spacial score (nSPS) is 16.8. The Hall–Kier alpha value is -4.37. The average Bonchev–Trinajstić information content (AvgIpc) is 3.38. The predicted octanol–water partition coefficient (Wildman–Crippen LogP) is 3.91. The van der Waals surface area contributed by atoms with Crippen LogP contribution in [0.5, 0.6) is 0 Å². The number of amides is 2. The van der Waals surface area contributed by atoms with Gasteiger partial charge in [0.05, 0.1) is 30.8 Å². The van der Waals surface area contributed by atoms with Gasteiger partial charge in [-0.3, -0.25) is 14.7 Å². The van der Waals surface area contributed by atoms with Crippen LogP contribution in [0.3, 0.4) is 0 Å². The third-order valence-electron chi connectivity index (χ3n) is 6.30. The maximum absolute atomic E-state index is 12.8. The number of carbonyl (C=O) groups excluding carboxylic acids is 2. The Morgan fingerprint density at radius 3 is 2.70 bits per heavy atom. The van der Waals surface area contributed by atoms with E-state index < -0.39 is 0 Å². The Labute approximate surface area is 215 Å². The number of carbonyl (C=O) groups is 2. The molecule has 9 nitrogen and oxygen atoms in total. The van der Waals surface area contributed by atoms with Gasteiger partial charge in [0, 0.05) is 47.6 Å². The molecule has 9 heteroatoms. The molecular weight excluding hydrogens is 468 g/mol. The average molecular weight is 497 g/mol. The van der Waals surface area contributed by atoms with Gasteiger partial charge in [-0.25, -0.2) is 9.98 Å². The predicted molar refractivity (Wildman–Crippen MR) is 143 cm³/mol. The van der Waals surface area contributed by atoms with Crippen molar-refractivity contribution in [1.29, 1.82) is 0 Å². The molecule has 0 aliphatic carbocycles. The maximum Gasteiger partial charge on any atom is 0.254 e. The van der Waals surface area contributed by atoms with Crippen LogP contribution in [-0.2, 0) is 16.0 Å². The molecule has 0 radical (unpaired) electrons. The Morgan fingerprint density at radius 2 is 1.92 bits per heavy atom. The fourth-order valence-electron chi connectivity index (χ4n) is 4.39. The summed E-state index contributed by atoms with van der Waals surface area (Å²) in [5, 5.41) is 10.1. The number of rotatable bonds is 5. The van der Waals surface area contributed by atoms with E-state index in [1.165, 1.54) is 6.08 Å². The molecule has 2 N–H and O–H groups in total. The van der Waals surface area contributed by atoms with Gasteiger partial charge >= 0.3 is 0 Å². The highest BCUT2D eigenvalue weighted by molar-refractivity contribution is 6.18. The summed E-state index contributed by atoms with van der Waals surface area (Å²) in [7, 11) is 0. The number of nitrogens with zero attached hydrogens (tertiary/aromatic N) is 4. The number of aromatic amines is 1. The number of aryl methyl sites for hydroxylation is 1. The van der Waals surface area contributed by atoms with E-state index in [4.69, 9.17) is 14.7 Å². The van der Waals surface area contributed by atoms with Crippen LogP contribution in [0.25, 0.3) is 0 Å². The molecule has 188 valence electrons. The molecular formula is C28H28N6O3. The smallest absolute Gasteiger partial charge is 0.254 e. The number of hydrogen-bond acceptors (Lipinski definition) is 5. The summed E-state index contributed by atoms with van der Waals surface area (Å²) in [6, 6.07) is 14.8. The molecule has 0 unspecified atom stereocenters. The number of fused-ring (bicyclic) bond motifs is 1. The Kier molecular flexibility index (Phi) is 7.32. The summed E-state index contributed by atoms with van der Waals surface area (Å²) in [6.07, 6.45) is 5.38. The van der Waals surface area contributed by atoms with Gasteiger partial charge in [0.15, 0.2) is 0 Å². The minimum atomic E-state index is -0.279. The van der Waals surface area contributed by atoms with E-state index in [1.807, 2.05) is 53.4 Å². The van der Waals surface area contributed by atoms with Crippen LogP contribution < -0.4 is 5.32 Å². The summed E-state index contributed by atoms with van der Waals surface area (Å²) in [6.45, 7) is 5.86. The molecule has 5 rings (SSSR count). The second kappa shape index (κ2) is 11.1. The highest BCUT2D eigenvalue weighted by Crippen LogP contribution is 2.23. The van der Waals surface area contributed by atoms with E-state index in [2.05, 4.69) is 22.1 Å². The first-order chi connectivity index (χ1) is 18.1. The van der Waals surface area contributed by atoms with Crippen LogP contribution in [0.2, 0.25) is 0 Å². The Morgan fingerprint density at radius 1 is 1.11 bits per heavy atom. The van der Waals surface area contributed by atoms with Crippen LogP contribution in [0.4, 0.5) is 11.4 Å². The standard InChI is InChI=1S/C28H28N6O3/c1-2-26(35)31-22-6-3-5-20(17-22)27-23-18-29-33-24(23)7-4-8-25(32-27)30-21-11-9-19(10-12-21)28(36)34-13-15-37-16-14-34/h2-3,5-6,9-12,17-18H,1,4,7-8,13-16H2,(H,29,33)(H,31,35). The van der Waals surface area contributed by atoms with Crippen LogP contribution in [0.1, 0.15) is 40.0 Å². The fraction of sp³-hybridized carbons (Fsp3) is 0.250. The van der Waals surface area contributed by atoms with E-state index in [0.717, 1.165) is 41.1 Å². The molecule has 2 aliphatic rings. The van der Waals surface area contributed by atoms with Crippen molar-refractivity contribution in [2.24, 2.45) is 9.98 Å². The van der Waals surface area contributed by atoms with Gasteiger partial charge in [-0.2, -0.15) is 5.10 Å². The molecule has 0 atom stereocenters. The third kappa shape index (κ3) is 5.73. The van der Waals surface area contributed by atoms with E-state index in [0.29, 0.717) is 49.8 Å². The van der Waals surface area contributed by atoms with E-state index in [-0.39, 0.29) is 11.8 Å². The third-order valence-corrected chi connectivity index (χ3v) is 6.30. The van der Waals surface area contributed by atoms with Crippen molar-refractivity contribution >= 4 is 34.7 Å². The second-order valence-corrected chi connectivity index (χ2v) is 8.83. The molecule has 37 heavy (non-hydrogen) atoms. The van der Waals surface area contributed by atoms with Gasteiger partial charge in [0.2, 0.25) is 5.91 Å². The number of aliphatic imine (C=N–C) groups is 2. The molecule has 0 saturated carbocycles. The lowest BCUT2D eigenvalue weighted by molar-refractivity contribution is -0.111. The number of anilines is 1. The van der Waals surface area contributed by atoms with E-state index in [9.17, 15) is 9.59 Å². The summed E-state index contributed by atoms with van der Waals surface area (Å²) < 4.78 is 5.34. The highest BCUT2D eigenvalue weighted by atomic mass is 16.5. The Balaban J connectivity index is 1.46. The molecule has 2 aliphatic heterocycles. The van der Waals surface area contributed by atoms with Crippen LogP contribution in [-0.4, -0.2) is 64.8 Å². The monoisotopic (exact) mass is 496 g/mol. The minimum Gasteiger partial charge on any atom is -0.378 e. The minimum absolute atomic E-state index is 0.00433. The van der Waals surface area contributed by atoms with Crippen molar-refractivity contribution in [3.05, 3.63) is 89.8 Å². The first-order valence-electron chi connectivity index (χ1n) is 12.3. The largest absolute Gasteiger partial charge is 0.378 e. The number of benzene rings is 2. The van der Waals surface area contributed by atoms with Gasteiger partial charge in [-0.1, -0.05) is 18.7 Å². The van der Waals surface area contributed by atoms with E-state index in [1.54, 1.807) is 6.20 Å². The lowest BCUT2D eigenvalue weighted by Gasteiger charge is -2.26. The topological polar surface area (TPSA) is 112 Å². The van der Waals surface area contributed by atoms with Crippen molar-refractivity contribution in [2.45, 2.75) is 19.3 Å². The Bertz CT molecular complexity index is 1370. The maximum atomic E-state index is 12.8. The van der Waals surface area contributed by atoms with Gasteiger partial charge in [0.1, 0.15) is 5.84 Å². The zero-order chi connectivity index (χ0) is 25.6. The number of hydrogen-bond donors (Lipinski definition) is 2. The lowest BCUT2D eigenvalue weighted by atomic mass is 9.98. The number of ether oxygens (including phenoxy) is 1. The number of amidine groups is 1. The summed E-state index contributed by atoms with van der Waals surface area (Å²) in [5.74, 6) is 0.415. The summed E-state index contributed by atoms with van der Waals surface area (Å²) >= 11 is 0. The molecule has 1 saturated heterocycles. The molecule has 0 bridgehead atoms. The van der Waals surface area contributed by atoms with Crippen LogP contribution in [0, 0.1) is 0 Å². The molecule has 0 spiro atoms. The first kappa shape index (κ1) is 24.3. The van der Waals surface area contributed by atoms with Crippen LogP contribution >= 0.6 is 0 Å². The van der Waals surface area contributed by atoms with E-state index >= 15 is 0 Å². The van der Waals surface area contributed by atoms with Crippen molar-refractivity contribution in [3.8, 4) is 0 Å². The van der Waals surface area contributed by atoms with Gasteiger partial charge < -0.3 is 15.0 Å². The molecule has 1 fully saturated rings. The van der Waals surface area contributed by atoms with Crippen molar-refractivity contribution in [3.63, 3.8) is 0 Å². The highest BCUT2D eigenvalue weighted by Gasteiger charge is 2.20. The molecule has 3 heterocycles. The molecule has 2 aromatic carbocycles. The van der Waals surface area contributed by atoms with Gasteiger partial charge in [-0.05, 0) is 55.3 Å². The van der Waals surface area contributed by atoms with Crippen molar-refractivity contribution in [2.75, 3.05) is 31.6 Å². The first-order valence-corrected chi connectivity index (χ1v) is 12.3. The second-order valence-electron chi connectivity index (χ2n) is 8.83. The van der Waals surface area contributed by atoms with Crippen LogP contribution in [0.15, 0.2) is 77.4 Å². The SMILES string of the molecule is C=CC(=O)Nc1cccc(C2=NC(=Nc3ccc(C(=O)N4CCOCC4)cc3)CCCc3[nH]ncc32)c1. The van der Waals surface area contributed by atoms with Gasteiger partial charge in [-0.15, -0.1) is 0 Å².